The smallest absolute Gasteiger partial charge is 0.334 e. The Kier molecular flexibility index (Phi) is 6.64. The molecule has 0 spiro atoms. The van der Waals surface area contributed by atoms with Gasteiger partial charge < -0.3 is 20.8 Å². The minimum Gasteiger partial charge on any atom is -0.479 e. The van der Waals surface area contributed by atoms with Crippen LogP contribution < -0.4 is 10.6 Å². The zero-order valence-electron chi connectivity index (χ0n) is 8.99. The first kappa shape index (κ1) is 13.9. The van der Waals surface area contributed by atoms with Gasteiger partial charge in [0.1, 0.15) is 0 Å². The van der Waals surface area contributed by atoms with Gasteiger partial charge in [-0.1, -0.05) is 6.92 Å². The Morgan fingerprint density at radius 2 is 2.00 bits per heavy atom. The molecule has 4 N–H and O–H groups in total. The first-order chi connectivity index (χ1) is 6.97. The van der Waals surface area contributed by atoms with Crippen molar-refractivity contribution in [3.8, 4) is 0 Å². The predicted octanol–water partition coefficient (Wildman–Crippen LogP) is -1.06. The van der Waals surface area contributed by atoms with E-state index in [1.807, 2.05) is 13.8 Å². The SMILES string of the molecule is CCC(C)NCC(=O)NCC(O)C(=O)O. The van der Waals surface area contributed by atoms with Gasteiger partial charge in [0.25, 0.3) is 0 Å². The minimum atomic E-state index is -1.54. The van der Waals surface area contributed by atoms with Crippen molar-refractivity contribution >= 4 is 11.9 Å². The summed E-state index contributed by atoms with van der Waals surface area (Å²) in [6.07, 6.45) is -0.636. The third-order valence-corrected chi connectivity index (χ3v) is 2.00. The molecule has 0 rings (SSSR count). The third kappa shape index (κ3) is 6.87. The van der Waals surface area contributed by atoms with E-state index in [2.05, 4.69) is 10.6 Å². The van der Waals surface area contributed by atoms with Crippen molar-refractivity contribution in [3.05, 3.63) is 0 Å². The molecule has 0 saturated carbocycles. The predicted molar refractivity (Wildman–Crippen MR) is 54.4 cm³/mol. The number of hydrogen-bond donors (Lipinski definition) is 4. The number of carboxylic acid groups (broad SMARTS) is 1. The Bertz CT molecular complexity index is 220. The molecule has 0 bridgehead atoms. The van der Waals surface area contributed by atoms with E-state index in [0.29, 0.717) is 0 Å². The van der Waals surface area contributed by atoms with E-state index >= 15 is 0 Å². The van der Waals surface area contributed by atoms with E-state index in [1.54, 1.807) is 0 Å². The second-order valence-electron chi connectivity index (χ2n) is 3.35. The molecule has 0 fully saturated rings. The van der Waals surface area contributed by atoms with Crippen molar-refractivity contribution in [2.75, 3.05) is 13.1 Å². The standard InChI is InChI=1S/C9H18N2O4/c1-3-6(2)10-5-8(13)11-4-7(12)9(14)15/h6-7,10,12H,3-5H2,1-2H3,(H,11,13)(H,14,15). The Labute approximate surface area is 88.7 Å². The van der Waals surface area contributed by atoms with Gasteiger partial charge in [0.05, 0.1) is 13.1 Å². The number of nitrogens with one attached hydrogen (secondary N) is 2. The first-order valence-electron chi connectivity index (χ1n) is 4.88. The topological polar surface area (TPSA) is 98.7 Å². The maximum atomic E-state index is 11.1. The molecule has 0 aliphatic rings. The van der Waals surface area contributed by atoms with Crippen molar-refractivity contribution in [3.63, 3.8) is 0 Å². The normalized spacial score (nSPS) is 14.3. The van der Waals surface area contributed by atoms with E-state index < -0.39 is 12.1 Å². The van der Waals surface area contributed by atoms with Gasteiger partial charge in [0, 0.05) is 6.04 Å². The lowest BCUT2D eigenvalue weighted by molar-refractivity contribution is -0.146. The molecule has 1 amide bonds. The van der Waals surface area contributed by atoms with Crippen LogP contribution in [0.2, 0.25) is 0 Å². The molecule has 0 aromatic carbocycles. The second-order valence-corrected chi connectivity index (χ2v) is 3.35. The van der Waals surface area contributed by atoms with Gasteiger partial charge in [-0.25, -0.2) is 4.79 Å². The summed E-state index contributed by atoms with van der Waals surface area (Å²) < 4.78 is 0. The number of carbonyl (C=O) groups is 2. The number of aliphatic carboxylic acids is 1. The fourth-order valence-electron chi connectivity index (χ4n) is 0.772. The molecule has 0 radical (unpaired) electrons. The molecule has 88 valence electrons. The summed E-state index contributed by atoms with van der Waals surface area (Å²) in [6, 6.07) is 0.236. The fourth-order valence-corrected chi connectivity index (χ4v) is 0.772. The van der Waals surface area contributed by atoms with Crippen LogP contribution in [0, 0.1) is 0 Å². The molecular weight excluding hydrogens is 200 g/mol. The maximum Gasteiger partial charge on any atom is 0.334 e. The second kappa shape index (κ2) is 7.19. The van der Waals surface area contributed by atoms with Crippen molar-refractivity contribution in [2.24, 2.45) is 0 Å². The molecule has 0 heterocycles. The highest BCUT2D eigenvalue weighted by Gasteiger charge is 2.13. The van der Waals surface area contributed by atoms with Crippen LogP contribution in [0.15, 0.2) is 0 Å². The molecule has 0 aromatic rings. The summed E-state index contributed by atoms with van der Waals surface area (Å²) in [6.45, 7) is 3.79. The summed E-state index contributed by atoms with van der Waals surface area (Å²) in [5, 5.41) is 22.5. The highest BCUT2D eigenvalue weighted by Crippen LogP contribution is 1.86. The van der Waals surface area contributed by atoms with E-state index in [0.717, 1.165) is 6.42 Å². The number of carboxylic acids is 1. The maximum absolute atomic E-state index is 11.1. The summed E-state index contributed by atoms with van der Waals surface area (Å²) in [5.74, 6) is -1.67. The zero-order valence-corrected chi connectivity index (χ0v) is 8.99. The van der Waals surface area contributed by atoms with Gasteiger partial charge in [0.2, 0.25) is 5.91 Å². The van der Waals surface area contributed by atoms with E-state index in [-0.39, 0.29) is 25.0 Å². The summed E-state index contributed by atoms with van der Waals surface area (Å²) >= 11 is 0. The summed E-state index contributed by atoms with van der Waals surface area (Å²) in [7, 11) is 0. The fraction of sp³-hybridized carbons (Fsp3) is 0.778. The van der Waals surface area contributed by atoms with Crippen LogP contribution in [-0.4, -0.2) is 47.3 Å². The van der Waals surface area contributed by atoms with Crippen LogP contribution in [0.4, 0.5) is 0 Å². The lowest BCUT2D eigenvalue weighted by atomic mass is 10.2. The Morgan fingerprint density at radius 3 is 2.47 bits per heavy atom. The van der Waals surface area contributed by atoms with Gasteiger partial charge in [-0.15, -0.1) is 0 Å². The van der Waals surface area contributed by atoms with Crippen LogP contribution in [0.1, 0.15) is 20.3 Å². The molecule has 2 unspecified atom stereocenters. The van der Waals surface area contributed by atoms with Crippen LogP contribution in [0.5, 0.6) is 0 Å². The molecule has 0 aliphatic carbocycles. The number of aliphatic hydroxyl groups excluding tert-OH is 1. The minimum absolute atomic E-state index is 0.126. The number of amides is 1. The van der Waals surface area contributed by atoms with Crippen LogP contribution in [-0.2, 0) is 9.59 Å². The third-order valence-electron chi connectivity index (χ3n) is 2.00. The molecule has 15 heavy (non-hydrogen) atoms. The van der Waals surface area contributed by atoms with E-state index in [1.165, 1.54) is 0 Å². The average Bonchev–Trinajstić information content (AvgIpc) is 2.21. The van der Waals surface area contributed by atoms with Gasteiger partial charge in [-0.3, -0.25) is 4.79 Å². The van der Waals surface area contributed by atoms with Crippen LogP contribution in [0.25, 0.3) is 0 Å². The lowest BCUT2D eigenvalue weighted by Crippen LogP contribution is -2.42. The molecule has 6 heteroatoms. The quantitative estimate of drug-likeness (QED) is 0.436. The van der Waals surface area contributed by atoms with Gasteiger partial charge in [-0.2, -0.15) is 0 Å². The first-order valence-corrected chi connectivity index (χ1v) is 4.88. The Morgan fingerprint density at radius 1 is 1.40 bits per heavy atom. The van der Waals surface area contributed by atoms with Crippen molar-refractivity contribution in [2.45, 2.75) is 32.4 Å². The number of rotatable bonds is 7. The molecule has 0 aromatic heterocycles. The van der Waals surface area contributed by atoms with Crippen LogP contribution in [0.3, 0.4) is 0 Å². The lowest BCUT2D eigenvalue weighted by Gasteiger charge is -2.12. The molecule has 0 saturated heterocycles. The zero-order chi connectivity index (χ0) is 11.8. The average molecular weight is 218 g/mol. The monoisotopic (exact) mass is 218 g/mol. The highest BCUT2D eigenvalue weighted by atomic mass is 16.4. The summed E-state index contributed by atoms with van der Waals surface area (Å²) in [4.78, 5) is 21.3. The Balaban J connectivity index is 3.62. The van der Waals surface area contributed by atoms with E-state index in [9.17, 15) is 9.59 Å². The van der Waals surface area contributed by atoms with Crippen LogP contribution >= 0.6 is 0 Å². The molecule has 0 aliphatic heterocycles. The number of hydrogen-bond acceptors (Lipinski definition) is 4. The molecule has 6 nitrogen and oxygen atoms in total. The van der Waals surface area contributed by atoms with Crippen molar-refractivity contribution < 1.29 is 19.8 Å². The molecule has 2 atom stereocenters. The van der Waals surface area contributed by atoms with Gasteiger partial charge >= 0.3 is 5.97 Å². The molecular formula is C9H18N2O4. The number of carbonyl (C=O) groups excluding carboxylic acids is 1. The van der Waals surface area contributed by atoms with Crippen molar-refractivity contribution in [1.82, 2.24) is 10.6 Å². The highest BCUT2D eigenvalue weighted by molar-refractivity contribution is 5.79. The van der Waals surface area contributed by atoms with Gasteiger partial charge in [0.15, 0.2) is 6.10 Å². The largest absolute Gasteiger partial charge is 0.479 e. The van der Waals surface area contributed by atoms with E-state index in [4.69, 9.17) is 10.2 Å². The number of aliphatic hydroxyl groups is 1. The van der Waals surface area contributed by atoms with Gasteiger partial charge in [-0.05, 0) is 13.3 Å². The Hall–Kier alpha value is -1.14. The summed E-state index contributed by atoms with van der Waals surface area (Å²) in [5.41, 5.74) is 0. The van der Waals surface area contributed by atoms with Crippen molar-refractivity contribution in [1.29, 1.82) is 0 Å².